The van der Waals surface area contributed by atoms with Gasteiger partial charge in [-0.1, -0.05) is 6.92 Å². The number of rotatable bonds is 1. The molecule has 2 rings (SSSR count). The number of nitrogens with one attached hydrogen (secondary N) is 1. The number of fused-ring (bicyclic) bond motifs is 1. The average molecular weight is 175 g/mol. The number of H-pyrrole nitrogens is 1. The lowest BCUT2D eigenvalue weighted by molar-refractivity contribution is 0.978. The van der Waals surface area contributed by atoms with E-state index in [0.29, 0.717) is 0 Å². The van der Waals surface area contributed by atoms with E-state index >= 15 is 0 Å². The lowest BCUT2D eigenvalue weighted by atomic mass is 10.2. The molecule has 0 bridgehead atoms. The summed E-state index contributed by atoms with van der Waals surface area (Å²) < 4.78 is 0. The number of aromatic nitrogens is 3. The zero-order valence-corrected chi connectivity index (χ0v) is 8.18. The first-order valence-corrected chi connectivity index (χ1v) is 4.53. The number of aromatic amines is 1. The quantitative estimate of drug-likeness (QED) is 0.721. The molecule has 2 aromatic rings. The molecule has 2 aromatic heterocycles. The third-order valence-corrected chi connectivity index (χ3v) is 2.15. The zero-order valence-electron chi connectivity index (χ0n) is 8.18. The highest BCUT2D eigenvalue weighted by molar-refractivity contribution is 5.79. The van der Waals surface area contributed by atoms with Crippen LogP contribution in [-0.4, -0.2) is 15.0 Å². The van der Waals surface area contributed by atoms with Crippen LogP contribution in [0.3, 0.4) is 0 Å². The summed E-state index contributed by atoms with van der Waals surface area (Å²) >= 11 is 0. The van der Waals surface area contributed by atoms with E-state index in [1.807, 2.05) is 13.8 Å². The van der Waals surface area contributed by atoms with E-state index in [0.717, 1.165) is 34.7 Å². The molecule has 2 heterocycles. The van der Waals surface area contributed by atoms with Crippen molar-refractivity contribution < 1.29 is 0 Å². The Morgan fingerprint density at radius 1 is 1.31 bits per heavy atom. The Morgan fingerprint density at radius 2 is 2.08 bits per heavy atom. The largest absolute Gasteiger partial charge is 0.343 e. The third-order valence-electron chi connectivity index (χ3n) is 2.15. The molecule has 0 radical (unpaired) electrons. The van der Waals surface area contributed by atoms with Crippen LogP contribution in [0.1, 0.15) is 24.1 Å². The van der Waals surface area contributed by atoms with Gasteiger partial charge in [-0.3, -0.25) is 0 Å². The predicted octanol–water partition coefficient (Wildman–Crippen LogP) is 2.14. The molecule has 0 spiro atoms. The molecular formula is C10H13N3. The minimum atomic E-state index is 0.839. The maximum Gasteiger partial charge on any atom is 0.141 e. The highest BCUT2D eigenvalue weighted by Crippen LogP contribution is 2.16. The number of hydrogen-bond donors (Lipinski definition) is 1. The van der Waals surface area contributed by atoms with Crippen molar-refractivity contribution in [3.8, 4) is 0 Å². The highest BCUT2D eigenvalue weighted by atomic mass is 14.9. The standard InChI is InChI=1S/C10H13N3/c1-4-9-8-5-6(2)11-10(8)13-7(3)12-9/h5H,4H2,1-3H3,(H,11,12,13). The number of hydrogen-bond acceptors (Lipinski definition) is 2. The van der Waals surface area contributed by atoms with Crippen LogP contribution in [0.4, 0.5) is 0 Å². The van der Waals surface area contributed by atoms with E-state index in [4.69, 9.17) is 0 Å². The highest BCUT2D eigenvalue weighted by Gasteiger charge is 2.05. The zero-order chi connectivity index (χ0) is 9.42. The molecule has 0 amide bonds. The molecule has 0 atom stereocenters. The Labute approximate surface area is 77.2 Å². The van der Waals surface area contributed by atoms with Gasteiger partial charge in [0.15, 0.2) is 0 Å². The fourth-order valence-electron chi connectivity index (χ4n) is 1.60. The maximum atomic E-state index is 4.40. The molecule has 0 fully saturated rings. The summed E-state index contributed by atoms with van der Waals surface area (Å²) in [6, 6.07) is 2.10. The van der Waals surface area contributed by atoms with Gasteiger partial charge in [-0.05, 0) is 26.3 Å². The van der Waals surface area contributed by atoms with Gasteiger partial charge in [0.1, 0.15) is 11.5 Å². The topological polar surface area (TPSA) is 41.6 Å². The summed E-state index contributed by atoms with van der Waals surface area (Å²) in [4.78, 5) is 12.0. The van der Waals surface area contributed by atoms with Gasteiger partial charge in [0.25, 0.3) is 0 Å². The minimum Gasteiger partial charge on any atom is -0.343 e. The van der Waals surface area contributed by atoms with Crippen molar-refractivity contribution in [3.05, 3.63) is 23.3 Å². The predicted molar refractivity (Wildman–Crippen MR) is 52.7 cm³/mol. The van der Waals surface area contributed by atoms with Gasteiger partial charge in [-0.25, -0.2) is 9.97 Å². The first kappa shape index (κ1) is 8.23. The monoisotopic (exact) mass is 175 g/mol. The molecule has 0 unspecified atom stereocenters. The van der Waals surface area contributed by atoms with Crippen LogP contribution in [0.5, 0.6) is 0 Å². The second kappa shape index (κ2) is 2.83. The molecular weight excluding hydrogens is 162 g/mol. The van der Waals surface area contributed by atoms with Crippen molar-refractivity contribution in [1.29, 1.82) is 0 Å². The summed E-state index contributed by atoms with van der Waals surface area (Å²) in [5.41, 5.74) is 3.23. The Balaban J connectivity index is 2.80. The third kappa shape index (κ3) is 1.30. The summed E-state index contributed by atoms with van der Waals surface area (Å²) in [7, 11) is 0. The van der Waals surface area contributed by atoms with Gasteiger partial charge in [0.05, 0.1) is 5.69 Å². The second-order valence-electron chi connectivity index (χ2n) is 3.29. The lowest BCUT2D eigenvalue weighted by Gasteiger charge is -1.99. The lowest BCUT2D eigenvalue weighted by Crippen LogP contribution is -1.94. The van der Waals surface area contributed by atoms with E-state index in [1.165, 1.54) is 0 Å². The van der Waals surface area contributed by atoms with Crippen LogP contribution in [-0.2, 0) is 6.42 Å². The van der Waals surface area contributed by atoms with Gasteiger partial charge in [0, 0.05) is 11.1 Å². The maximum absolute atomic E-state index is 4.40. The van der Waals surface area contributed by atoms with Gasteiger partial charge in [-0.15, -0.1) is 0 Å². The van der Waals surface area contributed by atoms with Crippen molar-refractivity contribution in [2.45, 2.75) is 27.2 Å². The first-order valence-electron chi connectivity index (χ1n) is 4.53. The van der Waals surface area contributed by atoms with Crippen LogP contribution >= 0.6 is 0 Å². The summed E-state index contributed by atoms with van der Waals surface area (Å²) in [5.74, 6) is 0.839. The van der Waals surface area contributed by atoms with Crippen molar-refractivity contribution in [2.24, 2.45) is 0 Å². The molecule has 0 saturated carbocycles. The molecule has 0 aliphatic carbocycles. The first-order chi connectivity index (χ1) is 6.20. The molecule has 3 heteroatoms. The molecule has 0 aliphatic rings. The van der Waals surface area contributed by atoms with Crippen molar-refractivity contribution in [2.75, 3.05) is 0 Å². The molecule has 13 heavy (non-hydrogen) atoms. The fraction of sp³-hybridized carbons (Fsp3) is 0.400. The Bertz CT molecular complexity index is 443. The van der Waals surface area contributed by atoms with Crippen LogP contribution in [0, 0.1) is 13.8 Å². The molecule has 1 N–H and O–H groups in total. The summed E-state index contributed by atoms with van der Waals surface area (Å²) in [6.45, 7) is 6.08. The van der Waals surface area contributed by atoms with E-state index in [1.54, 1.807) is 0 Å². The average Bonchev–Trinajstić information content (AvgIpc) is 2.43. The molecule has 3 nitrogen and oxygen atoms in total. The van der Waals surface area contributed by atoms with Crippen LogP contribution in [0.25, 0.3) is 11.0 Å². The van der Waals surface area contributed by atoms with Crippen LogP contribution in [0.15, 0.2) is 6.07 Å². The van der Waals surface area contributed by atoms with Gasteiger partial charge >= 0.3 is 0 Å². The van der Waals surface area contributed by atoms with E-state index in [9.17, 15) is 0 Å². The fourth-order valence-corrected chi connectivity index (χ4v) is 1.60. The number of aryl methyl sites for hydroxylation is 3. The van der Waals surface area contributed by atoms with E-state index < -0.39 is 0 Å². The molecule has 0 aliphatic heterocycles. The van der Waals surface area contributed by atoms with Crippen LogP contribution in [0.2, 0.25) is 0 Å². The normalized spacial score (nSPS) is 11.0. The van der Waals surface area contributed by atoms with Crippen molar-refractivity contribution in [3.63, 3.8) is 0 Å². The Hall–Kier alpha value is -1.38. The smallest absolute Gasteiger partial charge is 0.141 e. The SMILES string of the molecule is CCc1nc(C)nc2[nH]c(C)cc12. The van der Waals surface area contributed by atoms with Crippen molar-refractivity contribution in [1.82, 2.24) is 15.0 Å². The second-order valence-corrected chi connectivity index (χ2v) is 3.29. The molecule has 68 valence electrons. The van der Waals surface area contributed by atoms with E-state index in [-0.39, 0.29) is 0 Å². The van der Waals surface area contributed by atoms with Gasteiger partial charge in [-0.2, -0.15) is 0 Å². The minimum absolute atomic E-state index is 0.839. The van der Waals surface area contributed by atoms with Crippen molar-refractivity contribution >= 4 is 11.0 Å². The van der Waals surface area contributed by atoms with Crippen LogP contribution < -0.4 is 0 Å². The number of nitrogens with zero attached hydrogens (tertiary/aromatic N) is 2. The molecule has 0 saturated heterocycles. The van der Waals surface area contributed by atoms with Gasteiger partial charge < -0.3 is 4.98 Å². The Kier molecular flexibility index (Phi) is 1.79. The summed E-state index contributed by atoms with van der Waals surface area (Å²) in [6.07, 6.45) is 0.956. The summed E-state index contributed by atoms with van der Waals surface area (Å²) in [5, 5.41) is 1.16. The molecule has 0 aromatic carbocycles. The van der Waals surface area contributed by atoms with Gasteiger partial charge in [0.2, 0.25) is 0 Å². The van der Waals surface area contributed by atoms with E-state index in [2.05, 4.69) is 27.9 Å². The Morgan fingerprint density at radius 3 is 2.77 bits per heavy atom.